The summed E-state index contributed by atoms with van der Waals surface area (Å²) in [6, 6.07) is 18.2. The maximum absolute atomic E-state index is 14.2. The highest BCUT2D eigenvalue weighted by Gasteiger charge is 2.35. The number of anilines is 1. The number of carbonyl (C=O) groups excluding carboxylic acids is 2. The van der Waals surface area contributed by atoms with Gasteiger partial charge < -0.3 is 10.2 Å². The molecule has 0 radical (unpaired) electrons. The quantitative estimate of drug-likeness (QED) is 0.302. The minimum Gasteiger partial charge on any atom is -0.350 e. The Morgan fingerprint density at radius 3 is 2.02 bits per heavy atom. The second-order valence-electron chi connectivity index (χ2n) is 11.4. The van der Waals surface area contributed by atoms with Crippen molar-refractivity contribution in [3.05, 3.63) is 94.0 Å². The van der Waals surface area contributed by atoms with Crippen molar-refractivity contribution >= 4 is 39.1 Å². The molecule has 7 nitrogen and oxygen atoms in total. The summed E-state index contributed by atoms with van der Waals surface area (Å²) in [5, 5.41) is 3.42. The summed E-state index contributed by atoms with van der Waals surface area (Å²) in [4.78, 5) is 29.2. The molecule has 3 aromatic carbocycles. The number of nitrogens with zero attached hydrogens (tertiary/aromatic N) is 2. The van der Waals surface area contributed by atoms with Gasteiger partial charge in [-0.3, -0.25) is 13.9 Å². The van der Waals surface area contributed by atoms with Crippen LogP contribution >= 0.6 is 11.6 Å². The van der Waals surface area contributed by atoms with Crippen molar-refractivity contribution in [2.75, 3.05) is 10.8 Å². The molecule has 0 bridgehead atoms. The van der Waals surface area contributed by atoms with Crippen LogP contribution in [-0.4, -0.2) is 43.3 Å². The summed E-state index contributed by atoms with van der Waals surface area (Å²) < 4.78 is 29.2. The van der Waals surface area contributed by atoms with E-state index in [1.807, 2.05) is 60.6 Å². The van der Waals surface area contributed by atoms with Gasteiger partial charge in [-0.05, 0) is 95.0 Å². The molecule has 0 fully saturated rings. The van der Waals surface area contributed by atoms with Gasteiger partial charge in [-0.15, -0.1) is 0 Å². The van der Waals surface area contributed by atoms with Gasteiger partial charge in [0.05, 0.1) is 10.6 Å². The molecule has 0 saturated carbocycles. The fourth-order valence-corrected chi connectivity index (χ4v) is 6.24. The number of benzene rings is 3. The molecule has 1 unspecified atom stereocenters. The molecular weight excluding hydrogens is 558 g/mol. The number of aryl methyl sites for hydroxylation is 3. The van der Waals surface area contributed by atoms with Crippen LogP contribution in [0.4, 0.5) is 5.69 Å². The summed E-state index contributed by atoms with van der Waals surface area (Å²) in [7, 11) is -4.14. The average molecular weight is 598 g/mol. The van der Waals surface area contributed by atoms with Crippen LogP contribution in [0.1, 0.15) is 56.4 Å². The predicted octanol–water partition coefficient (Wildman–Crippen LogP) is 6.18. The van der Waals surface area contributed by atoms with Crippen LogP contribution in [0.25, 0.3) is 0 Å². The van der Waals surface area contributed by atoms with E-state index >= 15 is 0 Å². The molecule has 0 aliphatic heterocycles. The lowest BCUT2D eigenvalue weighted by Crippen LogP contribution is -2.55. The zero-order valence-corrected chi connectivity index (χ0v) is 26.4. The van der Waals surface area contributed by atoms with Crippen LogP contribution < -0.4 is 9.62 Å². The van der Waals surface area contributed by atoms with Crippen LogP contribution in [0.3, 0.4) is 0 Å². The van der Waals surface area contributed by atoms with Crippen LogP contribution in [0.2, 0.25) is 5.02 Å². The highest BCUT2D eigenvalue weighted by molar-refractivity contribution is 7.92. The van der Waals surface area contributed by atoms with E-state index in [2.05, 4.69) is 5.32 Å². The largest absolute Gasteiger partial charge is 0.350 e. The Kier molecular flexibility index (Phi) is 10.3. The molecule has 3 aromatic rings. The van der Waals surface area contributed by atoms with Crippen molar-refractivity contribution < 1.29 is 18.0 Å². The first-order valence-corrected chi connectivity index (χ1v) is 15.5. The normalized spacial score (nSPS) is 12.5. The molecule has 0 saturated heterocycles. The van der Waals surface area contributed by atoms with Crippen molar-refractivity contribution in [2.45, 2.75) is 77.9 Å². The monoisotopic (exact) mass is 597 g/mol. The summed E-state index contributed by atoms with van der Waals surface area (Å²) in [5.74, 6) is -0.838. The molecule has 9 heteroatoms. The van der Waals surface area contributed by atoms with Gasteiger partial charge in [-0.1, -0.05) is 60.5 Å². The Morgan fingerprint density at radius 1 is 0.902 bits per heavy atom. The Bertz CT molecular complexity index is 1480. The molecule has 0 aliphatic rings. The third-order valence-corrected chi connectivity index (χ3v) is 8.72. The molecule has 41 heavy (non-hydrogen) atoms. The maximum atomic E-state index is 14.2. The smallest absolute Gasteiger partial charge is 0.264 e. The predicted molar refractivity (Wildman–Crippen MR) is 166 cm³/mol. The summed E-state index contributed by atoms with van der Waals surface area (Å²) in [6.45, 7) is 12.6. The van der Waals surface area contributed by atoms with E-state index in [0.717, 1.165) is 21.0 Å². The molecule has 220 valence electrons. The fraction of sp³-hybridized carbons (Fsp3) is 0.375. The first-order chi connectivity index (χ1) is 19.1. The number of hydrogen-bond donors (Lipinski definition) is 1. The number of nitrogens with one attached hydrogen (secondary N) is 1. The van der Waals surface area contributed by atoms with E-state index in [1.54, 1.807) is 42.5 Å². The number of sulfonamides is 1. The number of rotatable bonds is 10. The van der Waals surface area contributed by atoms with Gasteiger partial charge in [0.15, 0.2) is 0 Å². The standard InChI is InChI=1S/C32H40ClN3O4S/c1-8-29(31(38)34-32(5,6)7)35(20-25-11-9-10-12-28(25)33)30(37)21-36(26-18-23(3)17-24(4)19-26)41(39,40)27-15-13-22(2)14-16-27/h9-19,29H,8,20-21H2,1-7H3,(H,34,38). The van der Waals surface area contributed by atoms with Crippen molar-refractivity contribution in [3.8, 4) is 0 Å². The zero-order chi connectivity index (χ0) is 30.5. The third kappa shape index (κ3) is 8.33. The van der Waals surface area contributed by atoms with Crippen LogP contribution in [0.15, 0.2) is 71.6 Å². The Hall–Kier alpha value is -3.36. The van der Waals surface area contributed by atoms with Crippen LogP contribution in [-0.2, 0) is 26.2 Å². The second-order valence-corrected chi connectivity index (χ2v) is 13.7. The van der Waals surface area contributed by atoms with Gasteiger partial charge in [-0.25, -0.2) is 8.42 Å². The lowest BCUT2D eigenvalue weighted by molar-refractivity contribution is -0.141. The van der Waals surface area contributed by atoms with Crippen molar-refractivity contribution in [1.82, 2.24) is 10.2 Å². The minimum atomic E-state index is -4.14. The Labute approximate surface area is 249 Å². The van der Waals surface area contributed by atoms with Crippen molar-refractivity contribution in [1.29, 1.82) is 0 Å². The van der Waals surface area contributed by atoms with E-state index < -0.39 is 34.1 Å². The first-order valence-electron chi connectivity index (χ1n) is 13.6. The number of halogens is 1. The van der Waals surface area contributed by atoms with E-state index in [4.69, 9.17) is 11.6 Å². The molecule has 1 atom stereocenters. The fourth-order valence-electron chi connectivity index (χ4n) is 4.64. The maximum Gasteiger partial charge on any atom is 0.264 e. The molecule has 0 aliphatic carbocycles. The first kappa shape index (κ1) is 32.2. The molecule has 0 heterocycles. The van der Waals surface area contributed by atoms with Crippen LogP contribution in [0, 0.1) is 20.8 Å². The Balaban J connectivity index is 2.12. The van der Waals surface area contributed by atoms with E-state index in [0.29, 0.717) is 22.7 Å². The third-order valence-electron chi connectivity index (χ3n) is 6.56. The zero-order valence-electron chi connectivity index (χ0n) is 24.9. The summed E-state index contributed by atoms with van der Waals surface area (Å²) >= 11 is 6.46. The lowest BCUT2D eigenvalue weighted by atomic mass is 10.1. The van der Waals surface area contributed by atoms with Gasteiger partial charge in [0.1, 0.15) is 12.6 Å². The average Bonchev–Trinajstić information content (AvgIpc) is 2.86. The SMILES string of the molecule is CCC(C(=O)NC(C)(C)C)N(Cc1ccccc1Cl)C(=O)CN(c1cc(C)cc(C)c1)S(=O)(=O)c1ccc(C)cc1. The van der Waals surface area contributed by atoms with Crippen molar-refractivity contribution in [2.24, 2.45) is 0 Å². The lowest BCUT2D eigenvalue weighted by Gasteiger charge is -2.35. The molecular formula is C32H40ClN3O4S. The highest BCUT2D eigenvalue weighted by Crippen LogP contribution is 2.28. The number of amides is 2. The van der Waals surface area contributed by atoms with Gasteiger partial charge >= 0.3 is 0 Å². The number of hydrogen-bond acceptors (Lipinski definition) is 4. The highest BCUT2D eigenvalue weighted by atomic mass is 35.5. The summed E-state index contributed by atoms with van der Waals surface area (Å²) in [5.41, 5.74) is 3.15. The van der Waals surface area contributed by atoms with E-state index in [9.17, 15) is 18.0 Å². The molecule has 0 aromatic heterocycles. The number of carbonyl (C=O) groups is 2. The van der Waals surface area contributed by atoms with Gasteiger partial charge in [0.25, 0.3) is 10.0 Å². The van der Waals surface area contributed by atoms with Crippen LogP contribution in [0.5, 0.6) is 0 Å². The van der Waals surface area contributed by atoms with Gasteiger partial charge in [0, 0.05) is 17.1 Å². The molecule has 1 N–H and O–H groups in total. The second kappa shape index (κ2) is 13.1. The van der Waals surface area contributed by atoms with E-state index in [-0.39, 0.29) is 17.3 Å². The van der Waals surface area contributed by atoms with Crippen molar-refractivity contribution in [3.63, 3.8) is 0 Å². The Morgan fingerprint density at radius 2 is 1.49 bits per heavy atom. The van der Waals surface area contributed by atoms with Gasteiger partial charge in [0.2, 0.25) is 11.8 Å². The topological polar surface area (TPSA) is 86.8 Å². The van der Waals surface area contributed by atoms with Gasteiger partial charge in [-0.2, -0.15) is 0 Å². The minimum absolute atomic E-state index is 0.0415. The van der Waals surface area contributed by atoms with E-state index in [1.165, 1.54) is 17.0 Å². The summed E-state index contributed by atoms with van der Waals surface area (Å²) in [6.07, 6.45) is 0.326. The molecule has 0 spiro atoms. The molecule has 3 rings (SSSR count). The molecule has 2 amide bonds.